The topological polar surface area (TPSA) is 71.1 Å². The number of allylic oxidation sites excluding steroid dienone is 2. The average molecular weight is 607 g/mol. The van der Waals surface area contributed by atoms with Crippen LogP contribution in [0.1, 0.15) is 131 Å². The Hall–Kier alpha value is -2.98. The summed E-state index contributed by atoms with van der Waals surface area (Å²) < 4.78 is 0. The van der Waals surface area contributed by atoms with Gasteiger partial charge in [-0.3, -0.25) is 4.79 Å². The predicted octanol–water partition coefficient (Wildman–Crippen LogP) is 8.49. The summed E-state index contributed by atoms with van der Waals surface area (Å²) >= 11 is 0. The second-order valence-electron chi connectivity index (χ2n) is 11.2. The van der Waals surface area contributed by atoms with Gasteiger partial charge in [0.1, 0.15) is 5.69 Å². The van der Waals surface area contributed by atoms with Crippen molar-refractivity contribution in [3.05, 3.63) is 69.3 Å². The standard InChI is InChI=1S/C36H45N4O.Ni/c1-9-21-22(10-2)28-18-30-25(13-5)26(14-6)32(39-30)20-34-36(15-7,16-8)35(41)33(40-34)19-31-24(12-4)23(11-3)29(38-31)17-27(21)37-28;/h17-20H,9-16H2,1-8H3,(H-,37,38,39,40,41);/q-1;+2/p-1. The maximum atomic E-state index is 14.1. The molecule has 0 radical (unpaired) electrons. The molecule has 224 valence electrons. The van der Waals surface area contributed by atoms with Gasteiger partial charge in [0.25, 0.3) is 0 Å². The summed E-state index contributed by atoms with van der Waals surface area (Å²) in [5.41, 5.74) is 14.0. The van der Waals surface area contributed by atoms with Gasteiger partial charge in [0, 0.05) is 0 Å². The normalized spacial score (nSPS) is 14.4. The Balaban J connectivity index is 0.00000405. The van der Waals surface area contributed by atoms with Crippen LogP contribution in [-0.2, 0) is 47.6 Å². The van der Waals surface area contributed by atoms with Gasteiger partial charge in [-0.15, -0.1) is 22.1 Å². The molecule has 3 aromatic rings. The van der Waals surface area contributed by atoms with E-state index < -0.39 is 5.41 Å². The SMILES string of the molecule is CCC1=C(CC)c2cc3[n-]c(cc4nc(cc5[n-]c(cc1n2)c(CC)c5CC)C(=O)C4(CC)CC)c(CC)c3CC.[Ni+2]. The molecule has 3 aromatic heterocycles. The number of fused-ring (bicyclic) bond motifs is 8. The first-order valence-corrected chi connectivity index (χ1v) is 15.8. The zero-order valence-corrected chi connectivity index (χ0v) is 27.5. The van der Waals surface area contributed by atoms with Gasteiger partial charge in [-0.2, -0.15) is 0 Å². The van der Waals surface area contributed by atoms with E-state index in [1.165, 1.54) is 33.4 Å². The summed E-state index contributed by atoms with van der Waals surface area (Å²) in [7, 11) is 0. The molecule has 6 heteroatoms. The molecule has 0 unspecified atom stereocenters. The van der Waals surface area contributed by atoms with Gasteiger partial charge in [-0.05, 0) is 68.6 Å². The van der Waals surface area contributed by atoms with E-state index in [1.54, 1.807) is 0 Å². The molecule has 5 nitrogen and oxygen atoms in total. The van der Waals surface area contributed by atoms with E-state index in [-0.39, 0.29) is 22.3 Å². The summed E-state index contributed by atoms with van der Waals surface area (Å²) in [6.45, 7) is 17.4. The molecule has 0 aliphatic carbocycles. The van der Waals surface area contributed by atoms with E-state index in [1.807, 2.05) is 6.07 Å². The summed E-state index contributed by atoms with van der Waals surface area (Å²) in [6.07, 6.45) is 6.70. The van der Waals surface area contributed by atoms with E-state index in [2.05, 4.69) is 73.6 Å². The molecular weight excluding hydrogens is 563 g/mol. The molecule has 0 amide bonds. The molecule has 0 saturated heterocycles. The Kier molecular flexibility index (Phi) is 9.67. The Morgan fingerprint density at radius 2 is 0.929 bits per heavy atom. The van der Waals surface area contributed by atoms with Crippen molar-refractivity contribution in [1.29, 1.82) is 0 Å². The zero-order chi connectivity index (χ0) is 29.5. The van der Waals surface area contributed by atoms with Crippen molar-refractivity contribution in [3.63, 3.8) is 0 Å². The second kappa shape index (κ2) is 12.7. The first-order valence-electron chi connectivity index (χ1n) is 15.8. The van der Waals surface area contributed by atoms with E-state index in [0.29, 0.717) is 18.5 Å². The zero-order valence-electron chi connectivity index (χ0n) is 26.5. The van der Waals surface area contributed by atoms with Crippen molar-refractivity contribution in [2.45, 2.75) is 112 Å². The van der Waals surface area contributed by atoms with Crippen molar-refractivity contribution in [2.75, 3.05) is 0 Å². The smallest absolute Gasteiger partial charge is 0.657 e. The maximum Gasteiger partial charge on any atom is 2.00 e. The number of rotatable bonds is 8. The fourth-order valence-electron chi connectivity index (χ4n) is 7.17. The largest absolute Gasteiger partial charge is 2.00 e. The molecule has 5 rings (SSSR count). The van der Waals surface area contributed by atoms with Crippen molar-refractivity contribution in [3.8, 4) is 0 Å². The van der Waals surface area contributed by atoms with Crippen LogP contribution in [0.2, 0.25) is 0 Å². The number of carbonyl (C=O) groups is 1. The molecular formula is C36H44N4NiO. The molecule has 2 aliphatic rings. The Labute approximate surface area is 261 Å². The van der Waals surface area contributed by atoms with Crippen LogP contribution in [0.4, 0.5) is 0 Å². The van der Waals surface area contributed by atoms with Gasteiger partial charge < -0.3 is 9.97 Å². The van der Waals surface area contributed by atoms with Gasteiger partial charge in [-0.1, -0.05) is 95.8 Å². The van der Waals surface area contributed by atoms with E-state index in [9.17, 15) is 4.79 Å². The molecule has 42 heavy (non-hydrogen) atoms. The summed E-state index contributed by atoms with van der Waals surface area (Å²) in [5.74, 6) is 0.0987. The van der Waals surface area contributed by atoms with E-state index >= 15 is 0 Å². The van der Waals surface area contributed by atoms with Crippen LogP contribution >= 0.6 is 0 Å². The van der Waals surface area contributed by atoms with Gasteiger partial charge in [0.05, 0.1) is 22.5 Å². The van der Waals surface area contributed by atoms with E-state index in [0.717, 1.165) is 77.7 Å². The Bertz CT molecular complexity index is 1700. The van der Waals surface area contributed by atoms with Crippen LogP contribution in [0.3, 0.4) is 0 Å². The van der Waals surface area contributed by atoms with Crippen molar-refractivity contribution in [1.82, 2.24) is 19.9 Å². The molecule has 2 aliphatic heterocycles. The number of hydrogen-bond acceptors (Lipinski definition) is 3. The Morgan fingerprint density at radius 3 is 1.29 bits per heavy atom. The molecule has 0 spiro atoms. The molecule has 0 saturated carbocycles. The summed E-state index contributed by atoms with van der Waals surface area (Å²) in [4.78, 5) is 34.7. The van der Waals surface area contributed by atoms with Gasteiger partial charge >= 0.3 is 16.5 Å². The van der Waals surface area contributed by atoms with Crippen LogP contribution in [0, 0.1) is 0 Å². The second-order valence-corrected chi connectivity index (χ2v) is 11.2. The van der Waals surface area contributed by atoms with Gasteiger partial charge in [0.2, 0.25) is 0 Å². The van der Waals surface area contributed by atoms with Crippen LogP contribution in [-0.4, -0.2) is 15.8 Å². The monoisotopic (exact) mass is 606 g/mol. The van der Waals surface area contributed by atoms with Gasteiger partial charge in [-0.25, -0.2) is 9.97 Å². The molecule has 0 fully saturated rings. The first-order chi connectivity index (χ1) is 19.8. The number of nitrogens with zero attached hydrogens (tertiary/aromatic N) is 4. The summed E-state index contributed by atoms with van der Waals surface area (Å²) in [6, 6.07) is 8.41. The van der Waals surface area contributed by atoms with Crippen molar-refractivity contribution in [2.24, 2.45) is 0 Å². The van der Waals surface area contributed by atoms with Gasteiger partial charge in [0.15, 0.2) is 5.78 Å². The van der Waals surface area contributed by atoms with Crippen molar-refractivity contribution < 1.29 is 21.3 Å². The molecule has 0 aromatic carbocycles. The number of ketones is 1. The number of Topliss-reactive ketones (excluding diaryl/α,β-unsaturated/α-hetero) is 1. The quantitative estimate of drug-likeness (QED) is 0.240. The maximum absolute atomic E-state index is 14.1. The number of carbonyl (C=O) groups excluding carboxylic acids is 1. The average Bonchev–Trinajstić information content (AvgIpc) is 3.67. The first kappa shape index (κ1) is 31.9. The fraction of sp³-hybridized carbons (Fsp3) is 0.472. The van der Waals surface area contributed by atoms with Crippen molar-refractivity contribution >= 4 is 39.0 Å². The fourth-order valence-corrected chi connectivity index (χ4v) is 7.17. The van der Waals surface area contributed by atoms with E-state index in [4.69, 9.17) is 19.9 Å². The van der Waals surface area contributed by atoms with Crippen LogP contribution in [0.25, 0.3) is 33.2 Å². The summed E-state index contributed by atoms with van der Waals surface area (Å²) in [5, 5.41) is 0. The molecule has 8 bridgehead atoms. The minimum atomic E-state index is -0.644. The third kappa shape index (κ3) is 4.90. The minimum Gasteiger partial charge on any atom is -0.657 e. The predicted molar refractivity (Wildman–Crippen MR) is 170 cm³/mol. The molecule has 0 atom stereocenters. The number of aromatic nitrogens is 4. The van der Waals surface area contributed by atoms with Crippen LogP contribution in [0.5, 0.6) is 0 Å². The molecule has 5 heterocycles. The Morgan fingerprint density at radius 1 is 0.548 bits per heavy atom. The third-order valence-electron chi connectivity index (χ3n) is 9.49. The van der Waals surface area contributed by atoms with Crippen LogP contribution in [0.15, 0.2) is 24.3 Å². The number of aryl methyl sites for hydroxylation is 4. The van der Waals surface area contributed by atoms with Crippen LogP contribution < -0.4 is 9.97 Å². The number of hydrogen-bond donors (Lipinski definition) is 0. The minimum absolute atomic E-state index is 0. The molecule has 0 N–H and O–H groups in total. The third-order valence-corrected chi connectivity index (χ3v) is 9.49.